The minimum Gasteiger partial charge on any atom is -0.293 e. The fourth-order valence-electron chi connectivity index (χ4n) is 2.67. The Balaban J connectivity index is 2.02. The van der Waals surface area contributed by atoms with Crippen LogP contribution >= 0.6 is 27.3 Å². The Labute approximate surface area is 129 Å². The minimum atomic E-state index is 0.169. The summed E-state index contributed by atoms with van der Waals surface area (Å²) in [6.45, 7) is 8.86. The van der Waals surface area contributed by atoms with Gasteiger partial charge in [-0.1, -0.05) is 49.5 Å². The van der Waals surface area contributed by atoms with Crippen LogP contribution in [0.4, 0.5) is 0 Å². The molecular weight excluding hydrogens is 320 g/mol. The van der Waals surface area contributed by atoms with Crippen molar-refractivity contribution in [3.8, 4) is 0 Å². The molecule has 2 rings (SSSR count). The Kier molecular flexibility index (Phi) is 5.44. The van der Waals surface area contributed by atoms with Gasteiger partial charge in [0.1, 0.15) is 5.01 Å². The Morgan fingerprint density at radius 2 is 2.05 bits per heavy atom. The lowest BCUT2D eigenvalue weighted by molar-refractivity contribution is 0.202. The molecule has 1 aromatic heterocycles. The van der Waals surface area contributed by atoms with Gasteiger partial charge >= 0.3 is 0 Å². The predicted molar refractivity (Wildman–Crippen MR) is 87.3 cm³/mol. The van der Waals surface area contributed by atoms with Crippen LogP contribution < -0.4 is 0 Å². The van der Waals surface area contributed by atoms with Crippen LogP contribution in [0.2, 0.25) is 0 Å². The van der Waals surface area contributed by atoms with E-state index in [9.17, 15) is 0 Å². The van der Waals surface area contributed by atoms with Crippen molar-refractivity contribution >= 4 is 27.3 Å². The summed E-state index contributed by atoms with van der Waals surface area (Å²) in [5.41, 5.74) is 1.40. The summed E-state index contributed by atoms with van der Waals surface area (Å²) in [5.74, 6) is 0. The van der Waals surface area contributed by atoms with Gasteiger partial charge in [-0.15, -0.1) is 11.3 Å². The first-order valence-electron chi connectivity index (χ1n) is 7.25. The van der Waals surface area contributed by atoms with Gasteiger partial charge in [0.15, 0.2) is 0 Å². The third-order valence-corrected chi connectivity index (χ3v) is 5.06. The number of halogens is 1. The van der Waals surface area contributed by atoms with Crippen molar-refractivity contribution in [1.29, 1.82) is 0 Å². The normalized spacial score (nSPS) is 17.5. The highest BCUT2D eigenvalue weighted by atomic mass is 79.9. The first-order chi connectivity index (χ1) is 9.00. The smallest absolute Gasteiger partial charge is 0.107 e. The van der Waals surface area contributed by atoms with Gasteiger partial charge in [-0.05, 0) is 12.8 Å². The maximum atomic E-state index is 4.84. The molecule has 0 amide bonds. The van der Waals surface area contributed by atoms with Crippen LogP contribution in [-0.2, 0) is 12.0 Å². The lowest BCUT2D eigenvalue weighted by atomic mass is 9.93. The molecule has 1 fully saturated rings. The first-order valence-corrected chi connectivity index (χ1v) is 9.25. The highest BCUT2D eigenvalue weighted by Crippen LogP contribution is 2.28. The Morgan fingerprint density at radius 3 is 2.58 bits per heavy atom. The molecule has 0 aliphatic heterocycles. The number of thiazole rings is 1. The van der Waals surface area contributed by atoms with Crippen LogP contribution in [0.3, 0.4) is 0 Å². The maximum Gasteiger partial charge on any atom is 0.107 e. The summed E-state index contributed by atoms with van der Waals surface area (Å²) < 4.78 is 0. The lowest BCUT2D eigenvalue weighted by Gasteiger charge is -2.27. The van der Waals surface area contributed by atoms with Crippen molar-refractivity contribution in [1.82, 2.24) is 9.88 Å². The van der Waals surface area contributed by atoms with E-state index in [1.807, 2.05) is 11.3 Å². The van der Waals surface area contributed by atoms with Gasteiger partial charge in [-0.25, -0.2) is 4.98 Å². The zero-order chi connectivity index (χ0) is 13.9. The zero-order valence-electron chi connectivity index (χ0n) is 12.3. The third-order valence-electron chi connectivity index (χ3n) is 3.87. The van der Waals surface area contributed by atoms with Crippen LogP contribution in [0, 0.1) is 0 Å². The molecule has 2 nitrogen and oxygen atoms in total. The molecule has 0 spiro atoms. The van der Waals surface area contributed by atoms with E-state index < -0.39 is 0 Å². The van der Waals surface area contributed by atoms with E-state index in [0.717, 1.165) is 24.5 Å². The molecule has 19 heavy (non-hydrogen) atoms. The highest BCUT2D eigenvalue weighted by molar-refractivity contribution is 9.09. The molecule has 0 radical (unpaired) electrons. The van der Waals surface area contributed by atoms with Gasteiger partial charge in [-0.2, -0.15) is 0 Å². The Bertz CT molecular complexity index is 391. The molecule has 0 N–H and O–H groups in total. The maximum absolute atomic E-state index is 4.84. The monoisotopic (exact) mass is 344 g/mol. The van der Waals surface area contributed by atoms with E-state index >= 15 is 0 Å². The van der Waals surface area contributed by atoms with E-state index in [1.165, 1.54) is 36.4 Å². The van der Waals surface area contributed by atoms with Gasteiger partial charge in [0.25, 0.3) is 0 Å². The Morgan fingerprint density at radius 1 is 1.37 bits per heavy atom. The van der Waals surface area contributed by atoms with E-state index in [0.29, 0.717) is 0 Å². The SMILES string of the molecule is CC(C)(C)c1csc(CN(CCBr)C2CCCC2)n1. The number of hydrogen-bond acceptors (Lipinski definition) is 3. The van der Waals surface area contributed by atoms with Gasteiger partial charge < -0.3 is 0 Å². The lowest BCUT2D eigenvalue weighted by Crippen LogP contribution is -2.34. The second-order valence-electron chi connectivity index (χ2n) is 6.47. The topological polar surface area (TPSA) is 16.1 Å². The Hall–Kier alpha value is 0.0700. The molecule has 1 aliphatic rings. The molecule has 4 heteroatoms. The second kappa shape index (κ2) is 6.68. The van der Waals surface area contributed by atoms with E-state index in [1.54, 1.807) is 0 Å². The van der Waals surface area contributed by atoms with Crippen LogP contribution in [0.15, 0.2) is 5.38 Å². The first kappa shape index (κ1) is 15.5. The number of aromatic nitrogens is 1. The minimum absolute atomic E-state index is 0.169. The molecule has 1 aromatic rings. The molecule has 0 unspecified atom stereocenters. The van der Waals surface area contributed by atoms with Gasteiger partial charge in [0.2, 0.25) is 0 Å². The van der Waals surface area contributed by atoms with Gasteiger partial charge in [0.05, 0.1) is 12.2 Å². The molecule has 0 bridgehead atoms. The van der Waals surface area contributed by atoms with Crippen molar-refractivity contribution in [2.75, 3.05) is 11.9 Å². The van der Waals surface area contributed by atoms with Gasteiger partial charge in [-0.3, -0.25) is 4.90 Å². The average molecular weight is 345 g/mol. The summed E-state index contributed by atoms with van der Waals surface area (Å²) >= 11 is 5.41. The molecule has 1 saturated carbocycles. The molecule has 0 aromatic carbocycles. The summed E-state index contributed by atoms with van der Waals surface area (Å²) in [7, 11) is 0. The van der Waals surface area contributed by atoms with Crippen LogP contribution in [0.1, 0.15) is 57.2 Å². The fraction of sp³-hybridized carbons (Fsp3) is 0.800. The largest absolute Gasteiger partial charge is 0.293 e. The third kappa shape index (κ3) is 4.27. The van der Waals surface area contributed by atoms with Crippen LogP contribution in [0.5, 0.6) is 0 Å². The molecule has 108 valence electrons. The number of rotatable bonds is 5. The summed E-state index contributed by atoms with van der Waals surface area (Å²) in [6, 6.07) is 0.777. The molecule has 1 aliphatic carbocycles. The van der Waals surface area contributed by atoms with Gasteiger partial charge in [0, 0.05) is 28.7 Å². The summed E-state index contributed by atoms with van der Waals surface area (Å²) in [5, 5.41) is 4.56. The number of alkyl halides is 1. The second-order valence-corrected chi connectivity index (χ2v) is 8.21. The van der Waals surface area contributed by atoms with E-state index in [-0.39, 0.29) is 5.41 Å². The zero-order valence-corrected chi connectivity index (χ0v) is 14.7. The van der Waals surface area contributed by atoms with Crippen LogP contribution in [-0.4, -0.2) is 27.8 Å². The standard InChI is InChI=1S/C15H25BrN2S/c1-15(2,3)13-11-19-14(17-13)10-18(9-8-16)12-6-4-5-7-12/h11-12H,4-10H2,1-3H3. The summed E-state index contributed by atoms with van der Waals surface area (Å²) in [6.07, 6.45) is 5.53. The molecule has 0 atom stereocenters. The molecule has 0 saturated heterocycles. The van der Waals surface area contributed by atoms with Crippen molar-refractivity contribution in [3.05, 3.63) is 16.1 Å². The van der Waals surface area contributed by atoms with E-state index in [4.69, 9.17) is 4.98 Å². The summed E-state index contributed by atoms with van der Waals surface area (Å²) in [4.78, 5) is 7.45. The quantitative estimate of drug-likeness (QED) is 0.726. The fourth-order valence-corrected chi connectivity index (χ4v) is 4.17. The average Bonchev–Trinajstić information content (AvgIpc) is 2.98. The number of nitrogens with zero attached hydrogens (tertiary/aromatic N) is 2. The number of hydrogen-bond donors (Lipinski definition) is 0. The predicted octanol–water partition coefficient (Wildman–Crippen LogP) is 4.58. The van der Waals surface area contributed by atoms with E-state index in [2.05, 4.69) is 47.0 Å². The van der Waals surface area contributed by atoms with Crippen molar-refractivity contribution in [2.45, 2.75) is 64.5 Å². The van der Waals surface area contributed by atoms with Crippen LogP contribution in [0.25, 0.3) is 0 Å². The van der Waals surface area contributed by atoms with Crippen molar-refractivity contribution < 1.29 is 0 Å². The van der Waals surface area contributed by atoms with Crippen molar-refractivity contribution in [2.24, 2.45) is 0 Å². The van der Waals surface area contributed by atoms with Crippen molar-refractivity contribution in [3.63, 3.8) is 0 Å². The molecular formula is C15H25BrN2S. The molecule has 1 heterocycles. The highest BCUT2D eigenvalue weighted by Gasteiger charge is 2.24.